The number of carbonyl (C=O) groups excluding carboxylic acids is 2. The molecule has 3 aromatic carbocycles. The van der Waals surface area contributed by atoms with Crippen LogP contribution in [0.4, 0.5) is 5.69 Å². The smallest absolute Gasteiger partial charge is 0.264 e. The molecule has 2 amide bonds. The van der Waals surface area contributed by atoms with Crippen molar-refractivity contribution in [2.45, 2.75) is 44.2 Å². The zero-order valence-corrected chi connectivity index (χ0v) is 23.6. The minimum Gasteiger partial charge on any atom is -0.354 e. The number of halogens is 2. The second-order valence-electron chi connectivity index (χ2n) is 8.60. The van der Waals surface area contributed by atoms with E-state index in [4.69, 9.17) is 23.2 Å². The van der Waals surface area contributed by atoms with Crippen molar-refractivity contribution in [1.82, 2.24) is 10.2 Å². The van der Waals surface area contributed by atoms with Gasteiger partial charge in [0.25, 0.3) is 10.0 Å². The van der Waals surface area contributed by atoms with E-state index < -0.39 is 28.5 Å². The van der Waals surface area contributed by atoms with E-state index >= 15 is 0 Å². The minimum atomic E-state index is -4.11. The van der Waals surface area contributed by atoms with Crippen LogP contribution in [0.3, 0.4) is 0 Å². The van der Waals surface area contributed by atoms with Crippen LogP contribution in [0.5, 0.6) is 0 Å². The summed E-state index contributed by atoms with van der Waals surface area (Å²) in [5, 5.41) is 3.53. The molecular formula is C28H31Cl2N3O4S. The Morgan fingerprint density at radius 2 is 1.45 bits per heavy atom. The molecule has 0 aromatic heterocycles. The van der Waals surface area contributed by atoms with Crippen LogP contribution in [0.15, 0.2) is 83.8 Å². The molecule has 0 aliphatic heterocycles. The van der Waals surface area contributed by atoms with Gasteiger partial charge in [-0.1, -0.05) is 79.5 Å². The lowest BCUT2D eigenvalue weighted by Gasteiger charge is -2.33. The molecular weight excluding hydrogens is 545 g/mol. The topological polar surface area (TPSA) is 86.8 Å². The average molecular weight is 577 g/mol. The largest absolute Gasteiger partial charge is 0.354 e. The maximum atomic E-state index is 14.0. The number of benzene rings is 3. The third kappa shape index (κ3) is 7.07. The van der Waals surface area contributed by atoms with E-state index in [1.54, 1.807) is 73.7 Å². The summed E-state index contributed by atoms with van der Waals surface area (Å²) in [6.45, 7) is 3.58. The van der Waals surface area contributed by atoms with Gasteiger partial charge in [0.15, 0.2) is 0 Å². The number of anilines is 1. The highest BCUT2D eigenvalue weighted by atomic mass is 35.5. The monoisotopic (exact) mass is 575 g/mol. The van der Waals surface area contributed by atoms with Gasteiger partial charge in [-0.15, -0.1) is 0 Å². The van der Waals surface area contributed by atoms with Gasteiger partial charge in [0, 0.05) is 28.7 Å². The van der Waals surface area contributed by atoms with Gasteiger partial charge in [-0.25, -0.2) is 8.42 Å². The first kappa shape index (κ1) is 29.5. The van der Waals surface area contributed by atoms with E-state index in [2.05, 4.69) is 5.32 Å². The number of nitrogens with one attached hydrogen (secondary N) is 1. The number of sulfonamides is 1. The summed E-state index contributed by atoms with van der Waals surface area (Å²) in [6, 6.07) is 20.4. The highest BCUT2D eigenvalue weighted by Crippen LogP contribution is 2.28. The van der Waals surface area contributed by atoms with Gasteiger partial charge in [0.05, 0.1) is 10.6 Å². The van der Waals surface area contributed by atoms with E-state index in [0.29, 0.717) is 34.3 Å². The van der Waals surface area contributed by atoms with E-state index in [-0.39, 0.29) is 17.3 Å². The van der Waals surface area contributed by atoms with Crippen LogP contribution in [0.2, 0.25) is 10.0 Å². The van der Waals surface area contributed by atoms with Gasteiger partial charge in [0.1, 0.15) is 12.6 Å². The van der Waals surface area contributed by atoms with Crippen LogP contribution in [0.1, 0.15) is 32.3 Å². The van der Waals surface area contributed by atoms with Crippen molar-refractivity contribution < 1.29 is 18.0 Å². The number of hydrogen-bond acceptors (Lipinski definition) is 4. The molecule has 0 heterocycles. The van der Waals surface area contributed by atoms with E-state index in [1.165, 1.54) is 17.0 Å². The fourth-order valence-corrected chi connectivity index (χ4v) is 5.93. The molecule has 3 rings (SSSR count). The van der Waals surface area contributed by atoms with Crippen molar-refractivity contribution >= 4 is 50.7 Å². The SMILES string of the molecule is CCCNC(=O)C(CC)N(Cc1c(Cl)cccc1Cl)C(=O)CN(c1ccccc1)S(=O)(=O)c1ccccc1. The predicted molar refractivity (Wildman–Crippen MR) is 152 cm³/mol. The summed E-state index contributed by atoms with van der Waals surface area (Å²) in [6.07, 6.45) is 1.03. The molecule has 0 aliphatic carbocycles. The van der Waals surface area contributed by atoms with Crippen molar-refractivity contribution in [3.63, 3.8) is 0 Å². The Bertz CT molecular complexity index is 1320. The Morgan fingerprint density at radius 3 is 2.00 bits per heavy atom. The summed E-state index contributed by atoms with van der Waals surface area (Å²) in [5.41, 5.74) is 0.798. The van der Waals surface area contributed by atoms with Crippen LogP contribution in [0, 0.1) is 0 Å². The number of hydrogen-bond donors (Lipinski definition) is 1. The van der Waals surface area contributed by atoms with Gasteiger partial charge in [-0.3, -0.25) is 13.9 Å². The van der Waals surface area contributed by atoms with Crippen molar-refractivity contribution in [2.24, 2.45) is 0 Å². The summed E-state index contributed by atoms with van der Waals surface area (Å²) in [5.74, 6) is -0.897. The van der Waals surface area contributed by atoms with Gasteiger partial charge < -0.3 is 10.2 Å². The van der Waals surface area contributed by atoms with Gasteiger partial charge in [-0.05, 0) is 49.2 Å². The highest BCUT2D eigenvalue weighted by Gasteiger charge is 2.34. The molecule has 0 fully saturated rings. The van der Waals surface area contributed by atoms with Crippen molar-refractivity contribution in [3.05, 3.63) is 94.5 Å². The normalized spacial score (nSPS) is 12.0. The number of amides is 2. The van der Waals surface area contributed by atoms with Crippen LogP contribution in [0.25, 0.3) is 0 Å². The molecule has 7 nitrogen and oxygen atoms in total. The zero-order chi connectivity index (χ0) is 27.7. The van der Waals surface area contributed by atoms with Crippen molar-refractivity contribution in [2.75, 3.05) is 17.4 Å². The molecule has 0 saturated carbocycles. The van der Waals surface area contributed by atoms with Crippen LogP contribution in [-0.4, -0.2) is 44.3 Å². The zero-order valence-electron chi connectivity index (χ0n) is 21.3. The predicted octanol–water partition coefficient (Wildman–Crippen LogP) is 5.52. The molecule has 1 N–H and O–H groups in total. The molecule has 0 spiro atoms. The molecule has 0 radical (unpaired) electrons. The standard InChI is InChI=1S/C28H31Cl2N3O4S/c1-3-18-31-28(35)26(4-2)32(19-23-24(29)16-11-17-25(23)30)27(34)20-33(21-12-7-5-8-13-21)38(36,37)22-14-9-6-10-15-22/h5-17,26H,3-4,18-20H2,1-2H3,(H,31,35). The molecule has 202 valence electrons. The molecule has 3 aromatic rings. The molecule has 1 unspecified atom stereocenters. The van der Waals surface area contributed by atoms with Crippen molar-refractivity contribution in [1.29, 1.82) is 0 Å². The van der Waals surface area contributed by atoms with E-state index in [9.17, 15) is 18.0 Å². The fourth-order valence-electron chi connectivity index (χ4n) is 3.98. The number of nitrogens with zero attached hydrogens (tertiary/aromatic N) is 2. The summed E-state index contributed by atoms with van der Waals surface area (Å²) in [7, 11) is -4.11. The average Bonchev–Trinajstić information content (AvgIpc) is 2.92. The lowest BCUT2D eigenvalue weighted by atomic mass is 10.1. The Kier molecular flexibility index (Phi) is 10.6. The minimum absolute atomic E-state index is 0.0464. The van der Waals surface area contributed by atoms with Crippen LogP contribution in [-0.2, 0) is 26.2 Å². The highest BCUT2D eigenvalue weighted by molar-refractivity contribution is 7.92. The second kappa shape index (κ2) is 13.6. The Balaban J connectivity index is 2.05. The Morgan fingerprint density at radius 1 is 0.868 bits per heavy atom. The van der Waals surface area contributed by atoms with Gasteiger partial charge in [-0.2, -0.15) is 0 Å². The first-order valence-electron chi connectivity index (χ1n) is 12.3. The summed E-state index contributed by atoms with van der Waals surface area (Å²) >= 11 is 12.8. The van der Waals surface area contributed by atoms with Crippen LogP contribution >= 0.6 is 23.2 Å². The third-order valence-corrected chi connectivity index (χ3v) is 8.48. The molecule has 1 atom stereocenters. The van der Waals surface area contributed by atoms with Gasteiger partial charge >= 0.3 is 0 Å². The third-order valence-electron chi connectivity index (χ3n) is 5.98. The summed E-state index contributed by atoms with van der Waals surface area (Å²) < 4.78 is 28.5. The molecule has 0 bridgehead atoms. The lowest BCUT2D eigenvalue weighted by molar-refractivity contribution is -0.140. The number of rotatable bonds is 12. The fraction of sp³-hybridized carbons (Fsp3) is 0.286. The first-order chi connectivity index (χ1) is 18.2. The number of para-hydroxylation sites is 1. The lowest BCUT2D eigenvalue weighted by Crippen LogP contribution is -2.52. The Labute approximate surface area is 234 Å². The maximum absolute atomic E-state index is 14.0. The van der Waals surface area contributed by atoms with E-state index in [0.717, 1.165) is 10.7 Å². The first-order valence-corrected chi connectivity index (χ1v) is 14.5. The quantitative estimate of drug-likeness (QED) is 0.308. The molecule has 10 heteroatoms. The molecule has 0 saturated heterocycles. The second-order valence-corrected chi connectivity index (χ2v) is 11.3. The van der Waals surface area contributed by atoms with Gasteiger partial charge in [0.2, 0.25) is 11.8 Å². The van der Waals surface area contributed by atoms with Crippen LogP contribution < -0.4 is 9.62 Å². The van der Waals surface area contributed by atoms with E-state index in [1.807, 2.05) is 6.92 Å². The number of carbonyl (C=O) groups is 2. The van der Waals surface area contributed by atoms with Crippen molar-refractivity contribution in [3.8, 4) is 0 Å². The molecule has 38 heavy (non-hydrogen) atoms. The Hall–Kier alpha value is -3.07. The summed E-state index contributed by atoms with van der Waals surface area (Å²) in [4.78, 5) is 28.5. The molecule has 0 aliphatic rings. The maximum Gasteiger partial charge on any atom is 0.264 e.